The molecule has 0 saturated heterocycles. The molecular weight excluding hydrogens is 231 g/mol. The van der Waals surface area contributed by atoms with Crippen LogP contribution in [0.1, 0.15) is 18.5 Å². The van der Waals surface area contributed by atoms with Crippen molar-refractivity contribution in [2.24, 2.45) is 5.73 Å². The molecule has 86 valence electrons. The van der Waals surface area contributed by atoms with Gasteiger partial charge in [-0.1, -0.05) is 6.07 Å². The molecule has 2 aromatic heterocycles. The van der Waals surface area contributed by atoms with Gasteiger partial charge in [-0.15, -0.1) is 17.5 Å². The quantitative estimate of drug-likeness (QED) is 0.874. The first-order valence-electron chi connectivity index (χ1n) is 4.60. The van der Waals surface area contributed by atoms with Crippen LogP contribution in [0.15, 0.2) is 30.6 Å². The second kappa shape index (κ2) is 5.05. The van der Waals surface area contributed by atoms with Gasteiger partial charge >= 0.3 is 0 Å². The van der Waals surface area contributed by atoms with Crippen LogP contribution in [0.4, 0.5) is 4.39 Å². The highest BCUT2D eigenvalue weighted by molar-refractivity contribution is 5.85. The first kappa shape index (κ1) is 12.6. The van der Waals surface area contributed by atoms with E-state index in [-0.39, 0.29) is 18.4 Å². The van der Waals surface area contributed by atoms with Crippen LogP contribution in [0.5, 0.6) is 0 Å². The molecule has 0 amide bonds. The Morgan fingerprint density at radius 2 is 2.12 bits per heavy atom. The van der Waals surface area contributed by atoms with E-state index >= 15 is 0 Å². The lowest BCUT2D eigenvalue weighted by Crippen LogP contribution is -2.06. The van der Waals surface area contributed by atoms with E-state index in [4.69, 9.17) is 5.73 Å². The molecule has 1 atom stereocenters. The van der Waals surface area contributed by atoms with Gasteiger partial charge in [0, 0.05) is 24.5 Å². The summed E-state index contributed by atoms with van der Waals surface area (Å²) in [5, 5.41) is 3.61. The zero-order valence-corrected chi connectivity index (χ0v) is 9.49. The molecule has 0 spiro atoms. The molecule has 16 heavy (non-hydrogen) atoms. The van der Waals surface area contributed by atoms with Gasteiger partial charge in [-0.3, -0.25) is 0 Å². The van der Waals surface area contributed by atoms with E-state index in [1.807, 2.05) is 13.0 Å². The maximum Gasteiger partial charge on any atom is 0.233 e. The lowest BCUT2D eigenvalue weighted by molar-refractivity contribution is 0.564. The average Bonchev–Trinajstić information content (AvgIpc) is 2.65. The van der Waals surface area contributed by atoms with Crippen LogP contribution in [-0.4, -0.2) is 14.8 Å². The van der Waals surface area contributed by atoms with E-state index in [0.29, 0.717) is 5.82 Å². The lowest BCUT2D eigenvalue weighted by Gasteiger charge is -2.05. The minimum Gasteiger partial charge on any atom is -0.324 e. The van der Waals surface area contributed by atoms with Gasteiger partial charge in [0.1, 0.15) is 0 Å². The molecule has 4 nitrogen and oxygen atoms in total. The van der Waals surface area contributed by atoms with Crippen LogP contribution >= 0.6 is 12.4 Å². The number of aromatic nitrogens is 3. The molecule has 0 fully saturated rings. The van der Waals surface area contributed by atoms with Crippen molar-refractivity contribution in [3.05, 3.63) is 42.1 Å². The molecule has 2 N–H and O–H groups in total. The van der Waals surface area contributed by atoms with Crippen LogP contribution < -0.4 is 5.73 Å². The monoisotopic (exact) mass is 242 g/mol. The highest BCUT2D eigenvalue weighted by Crippen LogP contribution is 2.10. The molecule has 0 aliphatic carbocycles. The van der Waals surface area contributed by atoms with E-state index in [0.717, 1.165) is 5.56 Å². The fourth-order valence-corrected chi connectivity index (χ4v) is 1.23. The second-order valence-corrected chi connectivity index (χ2v) is 3.32. The molecule has 0 aliphatic heterocycles. The summed E-state index contributed by atoms with van der Waals surface area (Å²) in [6.45, 7) is 1.88. The molecule has 0 saturated carbocycles. The van der Waals surface area contributed by atoms with Crippen molar-refractivity contribution in [2.75, 3.05) is 0 Å². The van der Waals surface area contributed by atoms with E-state index in [2.05, 4.69) is 10.1 Å². The Morgan fingerprint density at radius 1 is 1.38 bits per heavy atom. The van der Waals surface area contributed by atoms with Gasteiger partial charge in [-0.25, -0.2) is 9.67 Å². The van der Waals surface area contributed by atoms with E-state index in [9.17, 15) is 4.39 Å². The number of nitrogens with zero attached hydrogens (tertiary/aromatic N) is 3. The molecule has 2 heterocycles. The third-order valence-corrected chi connectivity index (χ3v) is 2.09. The molecule has 2 aromatic rings. The molecule has 0 radical (unpaired) electrons. The third kappa shape index (κ3) is 2.56. The van der Waals surface area contributed by atoms with Crippen molar-refractivity contribution >= 4 is 12.4 Å². The highest BCUT2D eigenvalue weighted by Gasteiger charge is 2.03. The molecular formula is C10H12ClFN4. The first-order chi connectivity index (χ1) is 7.16. The minimum absolute atomic E-state index is 0. The number of halogens is 2. The number of hydrogen-bond donors (Lipinski definition) is 1. The maximum atomic E-state index is 12.6. The molecule has 0 aromatic carbocycles. The largest absolute Gasteiger partial charge is 0.324 e. The van der Waals surface area contributed by atoms with Gasteiger partial charge in [-0.2, -0.15) is 4.39 Å². The number of hydrogen-bond acceptors (Lipinski definition) is 3. The van der Waals surface area contributed by atoms with Crippen molar-refractivity contribution < 1.29 is 4.39 Å². The Bertz CT molecular complexity index is 452. The van der Waals surface area contributed by atoms with Crippen LogP contribution in [0.2, 0.25) is 0 Å². The minimum atomic E-state index is -0.520. The topological polar surface area (TPSA) is 56.7 Å². The van der Waals surface area contributed by atoms with E-state index < -0.39 is 5.95 Å². The maximum absolute atomic E-state index is 12.6. The molecule has 0 aliphatic rings. The van der Waals surface area contributed by atoms with Crippen LogP contribution in [0.3, 0.4) is 0 Å². The predicted octanol–water partition coefficient (Wildman–Crippen LogP) is 1.85. The van der Waals surface area contributed by atoms with Gasteiger partial charge in [-0.05, 0) is 18.6 Å². The summed E-state index contributed by atoms with van der Waals surface area (Å²) in [6.07, 6.45) is 3.18. The van der Waals surface area contributed by atoms with E-state index in [1.165, 1.54) is 16.9 Å². The summed E-state index contributed by atoms with van der Waals surface area (Å²) < 4.78 is 14.0. The van der Waals surface area contributed by atoms with Gasteiger partial charge in [0.2, 0.25) is 5.95 Å². The van der Waals surface area contributed by atoms with Gasteiger partial charge in [0.05, 0.1) is 0 Å². The lowest BCUT2D eigenvalue weighted by atomic mass is 10.2. The summed E-state index contributed by atoms with van der Waals surface area (Å²) in [7, 11) is 0. The Kier molecular flexibility index (Phi) is 3.98. The van der Waals surface area contributed by atoms with Gasteiger partial charge in [0.25, 0.3) is 0 Å². The fourth-order valence-electron chi connectivity index (χ4n) is 1.23. The summed E-state index contributed by atoms with van der Waals surface area (Å²) >= 11 is 0. The Balaban J connectivity index is 0.00000128. The van der Waals surface area contributed by atoms with Crippen molar-refractivity contribution in [1.82, 2.24) is 14.8 Å². The number of pyridine rings is 1. The molecule has 0 unspecified atom stereocenters. The molecule has 0 bridgehead atoms. The third-order valence-electron chi connectivity index (χ3n) is 2.09. The average molecular weight is 243 g/mol. The van der Waals surface area contributed by atoms with Gasteiger partial charge in [0.15, 0.2) is 5.82 Å². The van der Waals surface area contributed by atoms with Crippen molar-refractivity contribution in [1.29, 1.82) is 0 Å². The number of rotatable bonds is 2. The predicted molar refractivity (Wildman–Crippen MR) is 61.2 cm³/mol. The zero-order valence-electron chi connectivity index (χ0n) is 8.67. The normalized spacial score (nSPS) is 11.9. The van der Waals surface area contributed by atoms with E-state index in [1.54, 1.807) is 12.3 Å². The van der Waals surface area contributed by atoms with Crippen LogP contribution in [0.25, 0.3) is 5.82 Å². The van der Waals surface area contributed by atoms with Crippen molar-refractivity contribution in [3.8, 4) is 5.82 Å². The second-order valence-electron chi connectivity index (χ2n) is 3.32. The zero-order chi connectivity index (χ0) is 10.8. The smallest absolute Gasteiger partial charge is 0.233 e. The molecule has 6 heteroatoms. The Morgan fingerprint density at radius 3 is 2.56 bits per heavy atom. The standard InChI is InChI=1S/C10H11FN4.ClH/c1-7(12)8-2-3-10(13-6-8)15-5-4-9(11)14-15;/h2-7H,12H2,1H3;1H/t7-;/m0./s1. The summed E-state index contributed by atoms with van der Waals surface area (Å²) in [6, 6.07) is 4.83. The SMILES string of the molecule is C[C@H](N)c1ccc(-n2ccc(F)n2)nc1.Cl. The Hall–Kier alpha value is -1.46. The summed E-state index contributed by atoms with van der Waals surface area (Å²) in [5.41, 5.74) is 6.62. The van der Waals surface area contributed by atoms with Crippen molar-refractivity contribution in [3.63, 3.8) is 0 Å². The molecule has 2 rings (SSSR count). The summed E-state index contributed by atoms with van der Waals surface area (Å²) in [5.74, 6) is 0.0522. The number of nitrogens with two attached hydrogens (primary N) is 1. The summed E-state index contributed by atoms with van der Waals surface area (Å²) in [4.78, 5) is 4.14. The highest BCUT2D eigenvalue weighted by atomic mass is 35.5. The Labute approximate surface area is 98.7 Å². The first-order valence-corrected chi connectivity index (χ1v) is 4.60. The fraction of sp³-hybridized carbons (Fsp3) is 0.200. The van der Waals surface area contributed by atoms with Gasteiger partial charge < -0.3 is 5.73 Å². The van der Waals surface area contributed by atoms with Crippen LogP contribution in [0, 0.1) is 5.95 Å². The van der Waals surface area contributed by atoms with Crippen LogP contribution in [-0.2, 0) is 0 Å². The van der Waals surface area contributed by atoms with Crippen molar-refractivity contribution in [2.45, 2.75) is 13.0 Å².